The van der Waals surface area contributed by atoms with Crippen LogP contribution < -0.4 is 15.4 Å². The van der Waals surface area contributed by atoms with Gasteiger partial charge in [0.2, 0.25) is 0 Å². The second-order valence-corrected chi connectivity index (χ2v) is 10.6. The van der Waals surface area contributed by atoms with Crippen LogP contribution >= 0.6 is 0 Å². The van der Waals surface area contributed by atoms with Gasteiger partial charge < -0.3 is 25.6 Å². The number of ether oxygens (including phenoxy) is 1. The number of amides is 1. The Bertz CT molecular complexity index is 1560. The number of β-amino-alcohol motifs (C(OH)–C–C–N with tert-alkyl or cyclic N) is 1. The lowest BCUT2D eigenvalue weighted by atomic mass is 9.94. The number of rotatable bonds is 12. The number of carbonyl (C=O) groups is 2. The fourth-order valence-electron chi connectivity index (χ4n) is 4.43. The van der Waals surface area contributed by atoms with Gasteiger partial charge in [0.15, 0.2) is 0 Å². The number of aliphatic hydroxyl groups is 1. The molecule has 0 bridgehead atoms. The fraction of sp³-hybridized carbons (Fsp3) is 0.206. The molecule has 0 saturated heterocycles. The molecule has 1 unspecified atom stereocenters. The minimum absolute atomic E-state index is 0.0189. The largest absolute Gasteiger partial charge is 0.489 e. The molecular formula is C34H33N3O5. The van der Waals surface area contributed by atoms with E-state index in [-0.39, 0.29) is 30.2 Å². The first-order chi connectivity index (χ1) is 20.1. The molecule has 0 spiro atoms. The maximum absolute atomic E-state index is 12.4. The molecule has 4 rings (SSSR count). The smallest absolute Gasteiger partial charge is 0.335 e. The predicted molar refractivity (Wildman–Crippen MR) is 162 cm³/mol. The SMILES string of the molecule is CC(C)(Cc1ccc(NC(=O)c2ccccc2)cc1)NCC(O)COc1cc(-c2ccc(C(=O)O)cc2)ccc1C#N. The number of carboxylic acid groups (broad SMARTS) is 1. The summed E-state index contributed by atoms with van der Waals surface area (Å²) in [7, 11) is 0. The standard InChI is InChI=1S/C34H33N3O5/c1-34(2,19-23-8-16-29(17-9-23)37-32(39)25-6-4-3-5-7-25)36-21-30(38)22-42-31-18-27(14-15-28(31)20-35)24-10-12-26(13-11-24)33(40)41/h3-18,30,36,38H,19,21-22H2,1-2H3,(H,37,39)(H,40,41). The molecule has 1 amide bonds. The number of carbonyl (C=O) groups excluding carboxylic acids is 1. The second kappa shape index (κ2) is 13.6. The van der Waals surface area contributed by atoms with Crippen LogP contribution in [0.1, 0.15) is 45.7 Å². The van der Waals surface area contributed by atoms with E-state index in [4.69, 9.17) is 9.84 Å². The van der Waals surface area contributed by atoms with Gasteiger partial charge in [-0.05, 0) is 85.5 Å². The van der Waals surface area contributed by atoms with Gasteiger partial charge in [-0.1, -0.05) is 48.5 Å². The molecule has 0 aliphatic rings. The fourth-order valence-corrected chi connectivity index (χ4v) is 4.43. The number of nitriles is 1. The zero-order valence-corrected chi connectivity index (χ0v) is 23.5. The Hall–Kier alpha value is -4.97. The summed E-state index contributed by atoms with van der Waals surface area (Å²) in [5.41, 5.74) is 4.11. The van der Waals surface area contributed by atoms with Gasteiger partial charge in [-0.25, -0.2) is 4.79 Å². The molecule has 0 heterocycles. The molecule has 0 fully saturated rings. The van der Waals surface area contributed by atoms with Gasteiger partial charge in [-0.3, -0.25) is 4.79 Å². The van der Waals surface area contributed by atoms with Gasteiger partial charge in [0.1, 0.15) is 24.5 Å². The third-order valence-corrected chi connectivity index (χ3v) is 6.71. The molecule has 42 heavy (non-hydrogen) atoms. The maximum Gasteiger partial charge on any atom is 0.335 e. The number of benzene rings is 4. The normalized spacial score (nSPS) is 11.8. The highest BCUT2D eigenvalue weighted by atomic mass is 16.5. The number of nitrogens with zero attached hydrogens (tertiary/aromatic N) is 1. The van der Waals surface area contributed by atoms with Crippen molar-refractivity contribution in [2.45, 2.75) is 31.9 Å². The van der Waals surface area contributed by atoms with Crippen molar-refractivity contribution >= 4 is 17.6 Å². The van der Waals surface area contributed by atoms with E-state index >= 15 is 0 Å². The van der Waals surface area contributed by atoms with E-state index in [0.29, 0.717) is 29.0 Å². The molecular weight excluding hydrogens is 530 g/mol. The summed E-state index contributed by atoms with van der Waals surface area (Å²) in [6.45, 7) is 4.34. The van der Waals surface area contributed by atoms with Crippen LogP contribution in [0, 0.1) is 11.3 Å². The highest BCUT2D eigenvalue weighted by Crippen LogP contribution is 2.28. The molecule has 4 aromatic carbocycles. The first kappa shape index (κ1) is 30.0. The zero-order chi connectivity index (χ0) is 30.1. The first-order valence-corrected chi connectivity index (χ1v) is 13.5. The van der Waals surface area contributed by atoms with Gasteiger partial charge in [0.25, 0.3) is 5.91 Å². The van der Waals surface area contributed by atoms with Crippen LogP contribution in [0.5, 0.6) is 5.75 Å². The molecule has 8 nitrogen and oxygen atoms in total. The number of aliphatic hydroxyl groups excluding tert-OH is 1. The third-order valence-electron chi connectivity index (χ3n) is 6.71. The quantitative estimate of drug-likeness (QED) is 0.178. The number of aromatic carboxylic acids is 1. The van der Waals surface area contributed by atoms with Crippen molar-refractivity contribution in [1.29, 1.82) is 5.26 Å². The molecule has 8 heteroatoms. The van der Waals surface area contributed by atoms with Gasteiger partial charge in [-0.2, -0.15) is 5.26 Å². The molecule has 0 saturated carbocycles. The van der Waals surface area contributed by atoms with E-state index in [1.807, 2.05) is 56.3 Å². The Morgan fingerprint density at radius 3 is 2.21 bits per heavy atom. The van der Waals surface area contributed by atoms with Crippen LogP contribution in [0.3, 0.4) is 0 Å². The van der Waals surface area contributed by atoms with Crippen molar-refractivity contribution in [2.24, 2.45) is 0 Å². The third kappa shape index (κ3) is 8.27. The highest BCUT2D eigenvalue weighted by Gasteiger charge is 2.20. The Morgan fingerprint density at radius 2 is 1.57 bits per heavy atom. The van der Waals surface area contributed by atoms with Crippen LogP contribution in [-0.4, -0.2) is 46.9 Å². The van der Waals surface area contributed by atoms with Crippen molar-refractivity contribution in [3.8, 4) is 22.9 Å². The van der Waals surface area contributed by atoms with Gasteiger partial charge in [0, 0.05) is 23.3 Å². The van der Waals surface area contributed by atoms with Crippen molar-refractivity contribution in [3.63, 3.8) is 0 Å². The summed E-state index contributed by atoms with van der Waals surface area (Å²) in [4.78, 5) is 23.5. The average molecular weight is 564 g/mol. The second-order valence-electron chi connectivity index (χ2n) is 10.6. The molecule has 4 N–H and O–H groups in total. The maximum atomic E-state index is 12.4. The minimum Gasteiger partial charge on any atom is -0.489 e. The lowest BCUT2D eigenvalue weighted by molar-refractivity contribution is 0.0696. The number of anilines is 1. The summed E-state index contributed by atoms with van der Waals surface area (Å²) >= 11 is 0. The monoisotopic (exact) mass is 563 g/mol. The van der Waals surface area contributed by atoms with Crippen molar-refractivity contribution in [1.82, 2.24) is 5.32 Å². The van der Waals surface area contributed by atoms with Crippen molar-refractivity contribution in [3.05, 3.63) is 119 Å². The van der Waals surface area contributed by atoms with Crippen LogP contribution in [0.25, 0.3) is 11.1 Å². The summed E-state index contributed by atoms with van der Waals surface area (Å²) in [6.07, 6.45) is -0.140. The van der Waals surface area contributed by atoms with E-state index in [9.17, 15) is 20.0 Å². The summed E-state index contributed by atoms with van der Waals surface area (Å²) in [5, 5.41) is 35.5. The lowest BCUT2D eigenvalue weighted by Crippen LogP contribution is -2.46. The van der Waals surface area contributed by atoms with E-state index in [2.05, 4.69) is 16.7 Å². The number of nitrogens with one attached hydrogen (secondary N) is 2. The van der Waals surface area contributed by atoms with Crippen LogP contribution in [0.2, 0.25) is 0 Å². The number of carboxylic acids is 1. The molecule has 0 aromatic heterocycles. The summed E-state index contributed by atoms with van der Waals surface area (Å²) in [5.74, 6) is -0.821. The predicted octanol–water partition coefficient (Wildman–Crippen LogP) is 5.53. The van der Waals surface area contributed by atoms with E-state index in [1.54, 1.807) is 42.5 Å². The molecule has 0 aliphatic carbocycles. The Balaban J connectivity index is 1.29. The average Bonchev–Trinajstić information content (AvgIpc) is 3.00. The van der Waals surface area contributed by atoms with Gasteiger partial charge >= 0.3 is 5.97 Å². The molecule has 1 atom stereocenters. The Morgan fingerprint density at radius 1 is 0.905 bits per heavy atom. The van der Waals surface area contributed by atoms with E-state index < -0.39 is 12.1 Å². The molecule has 4 aromatic rings. The number of hydrogen-bond acceptors (Lipinski definition) is 6. The van der Waals surface area contributed by atoms with Crippen LogP contribution in [-0.2, 0) is 6.42 Å². The topological polar surface area (TPSA) is 132 Å². The Labute approximate surface area is 245 Å². The van der Waals surface area contributed by atoms with Gasteiger partial charge in [-0.15, -0.1) is 0 Å². The Kier molecular flexibility index (Phi) is 9.71. The first-order valence-electron chi connectivity index (χ1n) is 13.5. The zero-order valence-electron chi connectivity index (χ0n) is 23.5. The van der Waals surface area contributed by atoms with Crippen molar-refractivity contribution < 1.29 is 24.5 Å². The highest BCUT2D eigenvalue weighted by molar-refractivity contribution is 6.04. The number of hydrogen-bond donors (Lipinski definition) is 4. The summed E-state index contributed by atoms with van der Waals surface area (Å²) in [6, 6.07) is 30.4. The molecule has 0 radical (unpaired) electrons. The summed E-state index contributed by atoms with van der Waals surface area (Å²) < 4.78 is 5.83. The van der Waals surface area contributed by atoms with Crippen LogP contribution in [0.4, 0.5) is 5.69 Å². The van der Waals surface area contributed by atoms with Gasteiger partial charge in [0.05, 0.1) is 11.1 Å². The minimum atomic E-state index is -1.00. The van der Waals surface area contributed by atoms with Crippen LogP contribution in [0.15, 0.2) is 97.1 Å². The lowest BCUT2D eigenvalue weighted by Gasteiger charge is -2.28. The van der Waals surface area contributed by atoms with E-state index in [0.717, 1.165) is 16.7 Å². The molecule has 0 aliphatic heterocycles. The molecule has 214 valence electrons. The van der Waals surface area contributed by atoms with Crippen molar-refractivity contribution in [2.75, 3.05) is 18.5 Å². The van der Waals surface area contributed by atoms with E-state index in [1.165, 1.54) is 12.1 Å².